The molecule has 1 aliphatic rings. The van der Waals surface area contributed by atoms with Crippen LogP contribution in [0.25, 0.3) is 0 Å². The summed E-state index contributed by atoms with van der Waals surface area (Å²) in [5, 5.41) is 21.1. The molecule has 0 spiro atoms. The molecule has 0 fully saturated rings. The van der Waals surface area contributed by atoms with Crippen molar-refractivity contribution in [3.8, 4) is 0 Å². The van der Waals surface area contributed by atoms with Crippen molar-refractivity contribution in [2.24, 2.45) is 0 Å². The van der Waals surface area contributed by atoms with Gasteiger partial charge < -0.3 is 5.11 Å². The number of para-hydroxylation sites is 1. The molecule has 2 unspecified atom stereocenters. The molecule has 0 aliphatic carbocycles. The Bertz CT molecular complexity index is 680. The number of benzene rings is 2. The van der Waals surface area contributed by atoms with Crippen LogP contribution in [-0.4, -0.2) is 16.2 Å². The molecule has 0 saturated heterocycles. The Morgan fingerprint density at radius 3 is 2.55 bits per heavy atom. The maximum Gasteiger partial charge on any atom is 0.269 e. The second-order valence-corrected chi connectivity index (χ2v) is 4.72. The van der Waals surface area contributed by atoms with Gasteiger partial charge in [0.05, 0.1) is 16.9 Å². The summed E-state index contributed by atoms with van der Waals surface area (Å²) in [6.45, 7) is 0. The van der Waals surface area contributed by atoms with E-state index in [-0.39, 0.29) is 11.6 Å². The third-order valence-electron chi connectivity index (χ3n) is 3.52. The Kier molecular flexibility index (Phi) is 3.04. The molecule has 5 heteroatoms. The lowest BCUT2D eigenvalue weighted by Crippen LogP contribution is -2.59. The fourth-order valence-corrected chi connectivity index (χ4v) is 2.45. The van der Waals surface area contributed by atoms with E-state index in [1.165, 1.54) is 12.1 Å². The fourth-order valence-electron chi connectivity index (χ4n) is 2.45. The summed E-state index contributed by atoms with van der Waals surface area (Å²) in [6, 6.07) is 13.8. The number of hydrogen-bond donors (Lipinski definition) is 2. The van der Waals surface area contributed by atoms with Crippen LogP contribution in [0.3, 0.4) is 0 Å². The Labute approximate surface area is 115 Å². The first kappa shape index (κ1) is 12.5. The molecule has 1 heterocycles. The fraction of sp³-hybridized carbons (Fsp3) is 0.133. The number of hydrogen-bond acceptors (Lipinski definition) is 3. The number of nitrogens with one attached hydrogen (secondary N) is 1. The van der Waals surface area contributed by atoms with E-state index in [1.807, 2.05) is 30.5 Å². The molecule has 1 aliphatic heterocycles. The van der Waals surface area contributed by atoms with Crippen molar-refractivity contribution in [2.45, 2.75) is 12.0 Å². The molecule has 2 N–H and O–H groups in total. The summed E-state index contributed by atoms with van der Waals surface area (Å²) < 4.78 is 0. The van der Waals surface area contributed by atoms with Crippen molar-refractivity contribution < 1.29 is 15.0 Å². The standard InChI is InChI=1S/C15H12N2O3/c18-15(10-5-7-11(8-6-10)17(19)20)13-9-16-14-4-2-1-3-12(13)14/h1-9,13,15,18H/p+1. The van der Waals surface area contributed by atoms with Gasteiger partial charge in [-0.25, -0.2) is 4.99 Å². The Morgan fingerprint density at radius 2 is 1.85 bits per heavy atom. The summed E-state index contributed by atoms with van der Waals surface area (Å²) >= 11 is 0. The van der Waals surface area contributed by atoms with Crippen LogP contribution in [0.2, 0.25) is 0 Å². The van der Waals surface area contributed by atoms with Gasteiger partial charge in [0.2, 0.25) is 5.69 Å². The van der Waals surface area contributed by atoms with Crippen molar-refractivity contribution in [1.82, 2.24) is 0 Å². The van der Waals surface area contributed by atoms with Crippen molar-refractivity contribution in [2.75, 3.05) is 0 Å². The number of aliphatic hydroxyl groups is 1. The largest absolute Gasteiger partial charge is 0.387 e. The Balaban J connectivity index is 1.89. The predicted octanol–water partition coefficient (Wildman–Crippen LogP) is 1.21. The number of rotatable bonds is 3. The van der Waals surface area contributed by atoms with E-state index in [9.17, 15) is 15.2 Å². The number of fused-ring (bicyclic) bond motifs is 1. The van der Waals surface area contributed by atoms with Crippen LogP contribution in [0.1, 0.15) is 23.1 Å². The van der Waals surface area contributed by atoms with E-state index in [2.05, 4.69) is 4.99 Å². The van der Waals surface area contributed by atoms with Crippen LogP contribution < -0.4 is 4.99 Å². The van der Waals surface area contributed by atoms with E-state index < -0.39 is 11.0 Å². The first-order valence-electron chi connectivity index (χ1n) is 6.28. The number of nitrogens with zero attached hydrogens (tertiary/aromatic N) is 1. The van der Waals surface area contributed by atoms with Gasteiger partial charge in [0.1, 0.15) is 0 Å². The van der Waals surface area contributed by atoms with Gasteiger partial charge in [0.15, 0.2) is 6.21 Å². The van der Waals surface area contributed by atoms with Gasteiger partial charge in [-0.3, -0.25) is 10.1 Å². The second-order valence-electron chi connectivity index (χ2n) is 4.72. The SMILES string of the molecule is O=[N+]([O-])c1ccc(C(O)C2C=[NH+]c3ccccc32)cc1. The quantitative estimate of drug-likeness (QED) is 0.649. The van der Waals surface area contributed by atoms with Crippen molar-refractivity contribution in [3.05, 3.63) is 69.8 Å². The van der Waals surface area contributed by atoms with Crippen molar-refractivity contribution in [1.29, 1.82) is 0 Å². The zero-order chi connectivity index (χ0) is 14.1. The number of non-ortho nitro benzene ring substituents is 1. The van der Waals surface area contributed by atoms with Crippen LogP contribution in [0.15, 0.2) is 48.5 Å². The molecular formula is C15H13N2O3+. The van der Waals surface area contributed by atoms with Gasteiger partial charge in [-0.2, -0.15) is 0 Å². The highest BCUT2D eigenvalue weighted by atomic mass is 16.6. The highest BCUT2D eigenvalue weighted by Crippen LogP contribution is 2.33. The van der Waals surface area contributed by atoms with E-state index in [0.29, 0.717) is 5.56 Å². The molecule has 20 heavy (non-hydrogen) atoms. The third-order valence-corrected chi connectivity index (χ3v) is 3.52. The molecule has 0 amide bonds. The van der Waals surface area contributed by atoms with Gasteiger partial charge in [-0.15, -0.1) is 0 Å². The first-order valence-corrected chi connectivity index (χ1v) is 6.28. The summed E-state index contributed by atoms with van der Waals surface area (Å²) in [4.78, 5) is 13.3. The summed E-state index contributed by atoms with van der Waals surface area (Å²) in [7, 11) is 0. The predicted molar refractivity (Wildman–Crippen MR) is 73.9 cm³/mol. The maximum atomic E-state index is 10.6. The van der Waals surface area contributed by atoms with E-state index in [1.54, 1.807) is 12.1 Å². The molecule has 2 atom stereocenters. The van der Waals surface area contributed by atoms with Gasteiger partial charge in [-0.05, 0) is 17.7 Å². The zero-order valence-corrected chi connectivity index (χ0v) is 10.6. The third kappa shape index (κ3) is 2.08. The van der Waals surface area contributed by atoms with E-state index in [0.717, 1.165) is 11.3 Å². The van der Waals surface area contributed by atoms with Crippen LogP contribution in [0.4, 0.5) is 11.4 Å². The lowest BCUT2D eigenvalue weighted by molar-refractivity contribution is -0.384. The smallest absolute Gasteiger partial charge is 0.269 e. The number of aliphatic hydroxyl groups excluding tert-OH is 1. The molecule has 0 saturated carbocycles. The number of nitro benzene ring substituents is 1. The zero-order valence-electron chi connectivity index (χ0n) is 10.6. The summed E-state index contributed by atoms with van der Waals surface area (Å²) in [6.07, 6.45) is 1.11. The highest BCUT2D eigenvalue weighted by Gasteiger charge is 2.31. The number of nitro groups is 1. The van der Waals surface area contributed by atoms with Crippen molar-refractivity contribution >= 4 is 17.6 Å². The minimum Gasteiger partial charge on any atom is -0.387 e. The summed E-state index contributed by atoms with van der Waals surface area (Å²) in [5.74, 6) is -0.160. The Morgan fingerprint density at radius 1 is 1.15 bits per heavy atom. The van der Waals surface area contributed by atoms with Crippen LogP contribution in [-0.2, 0) is 0 Å². The highest BCUT2D eigenvalue weighted by molar-refractivity contribution is 5.72. The van der Waals surface area contributed by atoms with Crippen molar-refractivity contribution in [3.63, 3.8) is 0 Å². The minimum absolute atomic E-state index is 0.0230. The lowest BCUT2D eigenvalue weighted by atomic mass is 9.91. The second kappa shape index (κ2) is 4.86. The minimum atomic E-state index is -0.730. The average Bonchev–Trinajstić information content (AvgIpc) is 2.90. The molecule has 100 valence electrons. The molecule has 3 rings (SSSR count). The first-order chi connectivity index (χ1) is 9.66. The molecule has 5 nitrogen and oxygen atoms in total. The molecule has 2 aromatic rings. The van der Waals surface area contributed by atoms with Gasteiger partial charge in [0, 0.05) is 23.8 Å². The Hall–Kier alpha value is -2.53. The topological polar surface area (TPSA) is 77.3 Å². The maximum absolute atomic E-state index is 10.6. The van der Waals surface area contributed by atoms with Crippen LogP contribution in [0.5, 0.6) is 0 Å². The van der Waals surface area contributed by atoms with E-state index in [4.69, 9.17) is 0 Å². The lowest BCUT2D eigenvalue weighted by Gasteiger charge is -2.14. The van der Waals surface area contributed by atoms with E-state index >= 15 is 0 Å². The normalized spacial score (nSPS) is 17.8. The van der Waals surface area contributed by atoms with Gasteiger partial charge in [0.25, 0.3) is 5.69 Å². The average molecular weight is 269 g/mol. The van der Waals surface area contributed by atoms with Crippen LogP contribution in [0, 0.1) is 10.1 Å². The monoisotopic (exact) mass is 269 g/mol. The molecule has 0 bridgehead atoms. The van der Waals surface area contributed by atoms with Gasteiger partial charge >= 0.3 is 0 Å². The molecular weight excluding hydrogens is 256 g/mol. The molecule has 2 aromatic carbocycles. The van der Waals surface area contributed by atoms with Gasteiger partial charge in [-0.1, -0.05) is 18.2 Å². The summed E-state index contributed by atoms with van der Waals surface area (Å²) in [5.41, 5.74) is 2.70. The molecule has 0 radical (unpaired) electrons. The van der Waals surface area contributed by atoms with Crippen LogP contribution >= 0.6 is 0 Å². The molecule has 0 aromatic heterocycles.